The zero-order valence-electron chi connectivity index (χ0n) is 13.8. The molecule has 132 valence electrons. The molecule has 24 heavy (non-hydrogen) atoms. The minimum absolute atomic E-state index is 0.164. The molecular formula is C15H22N4O4S. The molecule has 0 aliphatic carbocycles. The number of aromatic nitrogens is 1. The highest BCUT2D eigenvalue weighted by atomic mass is 32.2. The van der Waals surface area contributed by atoms with Gasteiger partial charge in [0, 0.05) is 33.4 Å². The van der Waals surface area contributed by atoms with Gasteiger partial charge in [-0.25, -0.2) is 0 Å². The average molecular weight is 354 g/mol. The van der Waals surface area contributed by atoms with Crippen molar-refractivity contribution in [3.8, 4) is 0 Å². The van der Waals surface area contributed by atoms with Crippen LogP contribution in [0, 0.1) is 5.92 Å². The number of nitrogens with one attached hydrogen (secondary N) is 1. The standard InChI is InChI=1S/C15H22N4O4S/c1-18(2)24(21,22)19-10-11(8-14-13(19)5-7-23-14)15(20)17-12-4-3-6-16-9-12/h3-4,6,9,11,13-14H,5,7-8,10H2,1-2H3,(H,17,20)/t11-,13+,14+/m0/s1. The fraction of sp³-hybridized carbons (Fsp3) is 0.600. The van der Waals surface area contributed by atoms with E-state index in [1.165, 1.54) is 22.7 Å². The summed E-state index contributed by atoms with van der Waals surface area (Å²) in [5, 5.41) is 2.80. The Morgan fingerprint density at radius 1 is 1.46 bits per heavy atom. The molecule has 9 heteroatoms. The number of anilines is 1. The Bertz CT molecular complexity index is 695. The van der Waals surface area contributed by atoms with Gasteiger partial charge in [0.15, 0.2) is 0 Å². The van der Waals surface area contributed by atoms with Crippen LogP contribution in [0.4, 0.5) is 5.69 Å². The van der Waals surface area contributed by atoms with E-state index in [9.17, 15) is 13.2 Å². The monoisotopic (exact) mass is 354 g/mol. The third kappa shape index (κ3) is 3.30. The molecule has 3 rings (SSSR count). The van der Waals surface area contributed by atoms with Crippen molar-refractivity contribution in [2.75, 3.05) is 32.6 Å². The van der Waals surface area contributed by atoms with Crippen molar-refractivity contribution in [2.24, 2.45) is 5.92 Å². The minimum Gasteiger partial charge on any atom is -0.376 e. The maximum Gasteiger partial charge on any atom is 0.281 e. The number of piperidine rings is 1. The van der Waals surface area contributed by atoms with E-state index in [1.807, 2.05) is 0 Å². The molecule has 0 aromatic carbocycles. The second-order valence-corrected chi connectivity index (χ2v) is 8.38. The Morgan fingerprint density at radius 3 is 2.92 bits per heavy atom. The molecule has 0 radical (unpaired) electrons. The number of carbonyl (C=O) groups excluding carboxylic acids is 1. The van der Waals surface area contributed by atoms with Gasteiger partial charge in [-0.3, -0.25) is 9.78 Å². The molecule has 2 saturated heterocycles. The van der Waals surface area contributed by atoms with E-state index in [2.05, 4.69) is 10.3 Å². The molecule has 8 nitrogen and oxygen atoms in total. The SMILES string of the molecule is CN(C)S(=O)(=O)N1C[C@@H](C(=O)Nc2cccnc2)C[C@H]2OCC[C@H]21. The molecule has 0 bridgehead atoms. The van der Waals surface area contributed by atoms with Crippen LogP contribution in [0.1, 0.15) is 12.8 Å². The summed E-state index contributed by atoms with van der Waals surface area (Å²) in [6, 6.07) is 3.28. The third-order valence-electron chi connectivity index (χ3n) is 4.52. The lowest BCUT2D eigenvalue weighted by Crippen LogP contribution is -2.56. The summed E-state index contributed by atoms with van der Waals surface area (Å²) >= 11 is 0. The Hall–Kier alpha value is -1.55. The van der Waals surface area contributed by atoms with Crippen molar-refractivity contribution in [1.82, 2.24) is 13.6 Å². The summed E-state index contributed by atoms with van der Waals surface area (Å²) in [5.41, 5.74) is 0.596. The van der Waals surface area contributed by atoms with Crippen LogP contribution in [-0.2, 0) is 19.7 Å². The maximum absolute atomic E-state index is 12.6. The van der Waals surface area contributed by atoms with Crippen LogP contribution in [0.15, 0.2) is 24.5 Å². The van der Waals surface area contributed by atoms with Gasteiger partial charge in [0.25, 0.3) is 10.2 Å². The van der Waals surface area contributed by atoms with Gasteiger partial charge in [0.1, 0.15) is 0 Å². The number of amides is 1. The lowest BCUT2D eigenvalue weighted by Gasteiger charge is -2.40. The zero-order chi connectivity index (χ0) is 17.3. The number of hydrogen-bond acceptors (Lipinski definition) is 5. The Labute approximate surface area is 142 Å². The first kappa shape index (κ1) is 17.3. The van der Waals surface area contributed by atoms with Crippen LogP contribution in [0.2, 0.25) is 0 Å². The molecule has 0 unspecified atom stereocenters. The third-order valence-corrected chi connectivity index (χ3v) is 6.45. The number of ether oxygens (including phenoxy) is 1. The normalized spacial score (nSPS) is 27.9. The number of rotatable bonds is 4. The van der Waals surface area contributed by atoms with Gasteiger partial charge in [0.05, 0.1) is 29.9 Å². The molecule has 3 atom stereocenters. The van der Waals surface area contributed by atoms with E-state index in [0.717, 1.165) is 0 Å². The summed E-state index contributed by atoms with van der Waals surface area (Å²) in [6.45, 7) is 0.683. The highest BCUT2D eigenvalue weighted by Crippen LogP contribution is 2.34. The fourth-order valence-electron chi connectivity index (χ4n) is 3.25. The van der Waals surface area contributed by atoms with E-state index in [1.54, 1.807) is 24.5 Å². The van der Waals surface area contributed by atoms with E-state index >= 15 is 0 Å². The molecular weight excluding hydrogens is 332 g/mol. The van der Waals surface area contributed by atoms with Gasteiger partial charge < -0.3 is 10.1 Å². The van der Waals surface area contributed by atoms with Crippen molar-refractivity contribution < 1.29 is 17.9 Å². The quantitative estimate of drug-likeness (QED) is 0.840. The molecule has 1 amide bonds. The van der Waals surface area contributed by atoms with Crippen LogP contribution < -0.4 is 5.32 Å². The Balaban J connectivity index is 1.79. The van der Waals surface area contributed by atoms with E-state index in [4.69, 9.17) is 4.74 Å². The van der Waals surface area contributed by atoms with Gasteiger partial charge in [-0.1, -0.05) is 0 Å². The van der Waals surface area contributed by atoms with Crippen LogP contribution >= 0.6 is 0 Å². The Kier molecular flexibility index (Phi) is 4.86. The maximum atomic E-state index is 12.6. The predicted octanol–water partition coefficient (Wildman–Crippen LogP) is 0.306. The van der Waals surface area contributed by atoms with Crippen molar-refractivity contribution in [3.63, 3.8) is 0 Å². The lowest BCUT2D eigenvalue weighted by atomic mass is 9.91. The molecule has 2 aliphatic rings. The molecule has 2 fully saturated rings. The number of fused-ring (bicyclic) bond motifs is 1. The largest absolute Gasteiger partial charge is 0.376 e. The first-order valence-corrected chi connectivity index (χ1v) is 9.31. The fourth-order valence-corrected chi connectivity index (χ4v) is 4.62. The van der Waals surface area contributed by atoms with E-state index < -0.39 is 16.1 Å². The van der Waals surface area contributed by atoms with Crippen LogP contribution in [0.5, 0.6) is 0 Å². The lowest BCUT2D eigenvalue weighted by molar-refractivity contribution is -0.123. The van der Waals surface area contributed by atoms with Crippen molar-refractivity contribution >= 4 is 21.8 Å². The molecule has 1 aromatic rings. The highest BCUT2D eigenvalue weighted by Gasteiger charge is 2.47. The summed E-state index contributed by atoms with van der Waals surface area (Å²) in [4.78, 5) is 16.5. The van der Waals surface area contributed by atoms with Gasteiger partial charge in [-0.2, -0.15) is 17.0 Å². The van der Waals surface area contributed by atoms with Crippen molar-refractivity contribution in [2.45, 2.75) is 25.0 Å². The minimum atomic E-state index is -3.60. The summed E-state index contributed by atoms with van der Waals surface area (Å²) in [5.74, 6) is -0.671. The summed E-state index contributed by atoms with van der Waals surface area (Å²) < 4.78 is 33.5. The van der Waals surface area contributed by atoms with Gasteiger partial charge in [0.2, 0.25) is 5.91 Å². The molecule has 1 aromatic heterocycles. The molecule has 0 saturated carbocycles. The predicted molar refractivity (Wildman–Crippen MR) is 88.4 cm³/mol. The first-order valence-electron chi connectivity index (χ1n) is 7.91. The molecule has 1 N–H and O–H groups in total. The highest BCUT2D eigenvalue weighted by molar-refractivity contribution is 7.86. The van der Waals surface area contributed by atoms with Gasteiger partial charge in [-0.05, 0) is 25.0 Å². The number of carbonyl (C=O) groups is 1. The van der Waals surface area contributed by atoms with Crippen LogP contribution in [-0.4, -0.2) is 67.3 Å². The first-order chi connectivity index (χ1) is 11.4. The topological polar surface area (TPSA) is 91.8 Å². The molecule has 2 aliphatic heterocycles. The second kappa shape index (κ2) is 6.75. The number of hydrogen-bond donors (Lipinski definition) is 1. The van der Waals surface area contributed by atoms with Gasteiger partial charge >= 0.3 is 0 Å². The van der Waals surface area contributed by atoms with Crippen LogP contribution in [0.3, 0.4) is 0 Å². The van der Waals surface area contributed by atoms with E-state index in [-0.39, 0.29) is 24.6 Å². The summed E-state index contributed by atoms with van der Waals surface area (Å²) in [7, 11) is -0.600. The summed E-state index contributed by atoms with van der Waals surface area (Å²) in [6.07, 6.45) is 4.13. The smallest absolute Gasteiger partial charge is 0.281 e. The van der Waals surface area contributed by atoms with E-state index in [0.29, 0.717) is 25.1 Å². The number of pyridine rings is 1. The Morgan fingerprint density at radius 2 is 2.25 bits per heavy atom. The van der Waals surface area contributed by atoms with Crippen LogP contribution in [0.25, 0.3) is 0 Å². The second-order valence-electron chi connectivity index (χ2n) is 6.29. The van der Waals surface area contributed by atoms with Gasteiger partial charge in [-0.15, -0.1) is 0 Å². The molecule has 3 heterocycles. The molecule has 0 spiro atoms. The van der Waals surface area contributed by atoms with Crippen molar-refractivity contribution in [3.05, 3.63) is 24.5 Å². The average Bonchev–Trinajstić information content (AvgIpc) is 3.02. The van der Waals surface area contributed by atoms with Crippen molar-refractivity contribution in [1.29, 1.82) is 0 Å². The zero-order valence-corrected chi connectivity index (χ0v) is 14.6. The number of nitrogens with zero attached hydrogens (tertiary/aromatic N) is 3.